The van der Waals surface area contributed by atoms with Crippen molar-refractivity contribution in [3.63, 3.8) is 0 Å². The third kappa shape index (κ3) is 2.68. The maximum atomic E-state index is 12.6. The number of rotatable bonds is 4. The zero-order chi connectivity index (χ0) is 16.5. The van der Waals surface area contributed by atoms with E-state index in [0.29, 0.717) is 6.42 Å². The van der Waals surface area contributed by atoms with E-state index in [0.717, 1.165) is 48.4 Å². The smallest absolute Gasteiger partial charge is 0.227 e. The second-order valence-electron chi connectivity index (χ2n) is 6.42. The van der Waals surface area contributed by atoms with Crippen LogP contribution in [0.2, 0.25) is 0 Å². The Balaban J connectivity index is 1.38. The molecule has 1 N–H and O–H groups in total. The fourth-order valence-electron chi connectivity index (χ4n) is 3.53. The summed E-state index contributed by atoms with van der Waals surface area (Å²) < 4.78 is 0. The lowest BCUT2D eigenvalue weighted by molar-refractivity contribution is -0.118. The van der Waals surface area contributed by atoms with Gasteiger partial charge in [0.2, 0.25) is 5.91 Å². The molecule has 0 unspecified atom stereocenters. The Hall–Kier alpha value is -2.62. The summed E-state index contributed by atoms with van der Waals surface area (Å²) in [6.07, 6.45) is 3.15. The van der Waals surface area contributed by atoms with Gasteiger partial charge in [-0.05, 0) is 49.1 Å². The number of imidazole rings is 1. The molecule has 1 aliphatic rings. The topological polar surface area (TPSA) is 49.0 Å². The summed E-state index contributed by atoms with van der Waals surface area (Å²) in [4.78, 5) is 22.4. The number of H-pyrrole nitrogens is 1. The highest BCUT2D eigenvalue weighted by molar-refractivity contribution is 5.95. The summed E-state index contributed by atoms with van der Waals surface area (Å²) in [6.45, 7) is 2.93. The third-order valence-corrected chi connectivity index (χ3v) is 4.81. The van der Waals surface area contributed by atoms with E-state index in [1.54, 1.807) is 0 Å². The molecule has 0 aliphatic carbocycles. The highest BCUT2D eigenvalue weighted by Crippen LogP contribution is 2.30. The number of carbonyl (C=O) groups is 1. The first kappa shape index (κ1) is 14.9. The number of benzene rings is 2. The molecular weight excluding hydrogens is 298 g/mol. The predicted octanol–water partition coefficient (Wildman–Crippen LogP) is 3.78. The van der Waals surface area contributed by atoms with E-state index >= 15 is 0 Å². The average Bonchev–Trinajstić information content (AvgIpc) is 3.18. The number of fused-ring (bicyclic) bond motifs is 2. The standard InChI is InChI=1S/C20H21N3O/c1-14-6-4-9-18-15(14)12-13-23(18)20(24)11-5-10-19-21-16-7-2-3-8-17(16)22-19/h2-4,6-9H,5,10-13H2,1H3,(H,21,22). The van der Waals surface area contributed by atoms with Crippen LogP contribution in [-0.4, -0.2) is 22.4 Å². The van der Waals surface area contributed by atoms with Crippen LogP contribution < -0.4 is 4.90 Å². The zero-order valence-electron chi connectivity index (χ0n) is 13.9. The fraction of sp³-hybridized carbons (Fsp3) is 0.300. The molecular formula is C20H21N3O. The summed E-state index contributed by atoms with van der Waals surface area (Å²) in [7, 11) is 0. The summed E-state index contributed by atoms with van der Waals surface area (Å²) in [6, 6.07) is 14.2. The second kappa shape index (κ2) is 6.11. The molecule has 0 fully saturated rings. The van der Waals surface area contributed by atoms with Crippen LogP contribution >= 0.6 is 0 Å². The van der Waals surface area contributed by atoms with Crippen molar-refractivity contribution in [1.29, 1.82) is 0 Å². The number of carbonyl (C=O) groups excluding carboxylic acids is 1. The van der Waals surface area contributed by atoms with Crippen molar-refractivity contribution >= 4 is 22.6 Å². The van der Waals surface area contributed by atoms with E-state index in [9.17, 15) is 4.79 Å². The molecule has 122 valence electrons. The van der Waals surface area contributed by atoms with Crippen LogP contribution in [0.25, 0.3) is 11.0 Å². The quantitative estimate of drug-likeness (QED) is 0.795. The van der Waals surface area contributed by atoms with Crippen molar-refractivity contribution in [1.82, 2.24) is 9.97 Å². The number of hydrogen-bond donors (Lipinski definition) is 1. The minimum atomic E-state index is 0.218. The summed E-state index contributed by atoms with van der Waals surface area (Å²) >= 11 is 0. The van der Waals surface area contributed by atoms with E-state index in [4.69, 9.17) is 0 Å². The van der Waals surface area contributed by atoms with Crippen LogP contribution in [-0.2, 0) is 17.6 Å². The van der Waals surface area contributed by atoms with Gasteiger partial charge in [0.15, 0.2) is 0 Å². The van der Waals surface area contributed by atoms with Gasteiger partial charge in [-0.15, -0.1) is 0 Å². The summed E-state index contributed by atoms with van der Waals surface area (Å²) in [5.74, 6) is 1.18. The molecule has 24 heavy (non-hydrogen) atoms. The number of hydrogen-bond acceptors (Lipinski definition) is 2. The fourth-order valence-corrected chi connectivity index (χ4v) is 3.53. The normalized spacial score (nSPS) is 13.5. The first-order valence-electron chi connectivity index (χ1n) is 8.55. The molecule has 1 amide bonds. The Morgan fingerprint density at radius 1 is 1.21 bits per heavy atom. The van der Waals surface area contributed by atoms with Crippen molar-refractivity contribution in [2.45, 2.75) is 32.6 Å². The van der Waals surface area contributed by atoms with Crippen LogP contribution in [0.15, 0.2) is 42.5 Å². The molecule has 0 bridgehead atoms. The maximum absolute atomic E-state index is 12.6. The number of nitrogens with zero attached hydrogens (tertiary/aromatic N) is 2. The lowest BCUT2D eigenvalue weighted by Gasteiger charge is -2.17. The monoisotopic (exact) mass is 319 g/mol. The molecule has 1 aliphatic heterocycles. The Kier molecular flexibility index (Phi) is 3.81. The Bertz CT molecular complexity index is 864. The molecule has 0 radical (unpaired) electrons. The van der Waals surface area contributed by atoms with E-state index in [-0.39, 0.29) is 5.91 Å². The van der Waals surface area contributed by atoms with Gasteiger partial charge in [0.05, 0.1) is 11.0 Å². The molecule has 2 heterocycles. The van der Waals surface area contributed by atoms with Gasteiger partial charge in [-0.25, -0.2) is 4.98 Å². The predicted molar refractivity (Wildman–Crippen MR) is 96.3 cm³/mol. The molecule has 2 aromatic carbocycles. The van der Waals surface area contributed by atoms with Gasteiger partial charge in [0, 0.05) is 25.1 Å². The molecule has 4 heteroatoms. The van der Waals surface area contributed by atoms with Crippen LogP contribution in [0.4, 0.5) is 5.69 Å². The molecule has 0 saturated heterocycles. The second-order valence-corrected chi connectivity index (χ2v) is 6.42. The Morgan fingerprint density at radius 3 is 2.96 bits per heavy atom. The highest BCUT2D eigenvalue weighted by atomic mass is 16.2. The van der Waals surface area contributed by atoms with E-state index in [2.05, 4.69) is 29.0 Å². The van der Waals surface area contributed by atoms with Crippen molar-refractivity contribution in [2.75, 3.05) is 11.4 Å². The van der Waals surface area contributed by atoms with E-state index in [1.807, 2.05) is 35.2 Å². The zero-order valence-corrected chi connectivity index (χ0v) is 13.9. The molecule has 4 nitrogen and oxygen atoms in total. The number of anilines is 1. The van der Waals surface area contributed by atoms with Gasteiger partial charge in [-0.1, -0.05) is 24.3 Å². The van der Waals surface area contributed by atoms with Crippen LogP contribution in [0, 0.1) is 6.92 Å². The highest BCUT2D eigenvalue weighted by Gasteiger charge is 2.24. The Morgan fingerprint density at radius 2 is 2.08 bits per heavy atom. The van der Waals surface area contributed by atoms with Crippen molar-refractivity contribution in [2.24, 2.45) is 0 Å². The van der Waals surface area contributed by atoms with Gasteiger partial charge in [-0.2, -0.15) is 0 Å². The van der Waals surface area contributed by atoms with E-state index < -0.39 is 0 Å². The Labute approximate surface area is 141 Å². The van der Waals surface area contributed by atoms with Gasteiger partial charge in [0.25, 0.3) is 0 Å². The summed E-state index contributed by atoms with van der Waals surface area (Å²) in [5.41, 5.74) is 5.75. The van der Waals surface area contributed by atoms with Crippen molar-refractivity contribution < 1.29 is 4.79 Å². The molecule has 3 aromatic rings. The van der Waals surface area contributed by atoms with Crippen LogP contribution in [0.5, 0.6) is 0 Å². The number of para-hydroxylation sites is 2. The van der Waals surface area contributed by atoms with Gasteiger partial charge < -0.3 is 9.88 Å². The van der Waals surface area contributed by atoms with Gasteiger partial charge in [0.1, 0.15) is 5.82 Å². The first-order chi connectivity index (χ1) is 11.7. The SMILES string of the molecule is Cc1cccc2c1CCN2C(=O)CCCc1nc2ccccc2[nH]1. The van der Waals surface area contributed by atoms with Gasteiger partial charge in [-0.3, -0.25) is 4.79 Å². The molecule has 1 aromatic heterocycles. The minimum Gasteiger partial charge on any atom is -0.342 e. The third-order valence-electron chi connectivity index (χ3n) is 4.81. The summed E-state index contributed by atoms with van der Waals surface area (Å²) in [5, 5.41) is 0. The number of amides is 1. The molecule has 0 atom stereocenters. The largest absolute Gasteiger partial charge is 0.342 e. The number of aromatic nitrogens is 2. The first-order valence-corrected chi connectivity index (χ1v) is 8.55. The van der Waals surface area contributed by atoms with Crippen LogP contribution in [0.1, 0.15) is 29.8 Å². The van der Waals surface area contributed by atoms with Crippen LogP contribution in [0.3, 0.4) is 0 Å². The molecule has 0 saturated carbocycles. The number of aryl methyl sites for hydroxylation is 2. The number of aromatic amines is 1. The van der Waals surface area contributed by atoms with Crippen molar-refractivity contribution in [3.8, 4) is 0 Å². The lowest BCUT2D eigenvalue weighted by Crippen LogP contribution is -2.28. The minimum absolute atomic E-state index is 0.218. The maximum Gasteiger partial charge on any atom is 0.227 e. The molecule has 4 rings (SSSR count). The molecule has 0 spiro atoms. The van der Waals surface area contributed by atoms with Crippen molar-refractivity contribution in [3.05, 3.63) is 59.4 Å². The van der Waals surface area contributed by atoms with E-state index in [1.165, 1.54) is 11.1 Å². The lowest BCUT2D eigenvalue weighted by atomic mass is 10.1. The van der Waals surface area contributed by atoms with Gasteiger partial charge >= 0.3 is 0 Å². The number of nitrogens with one attached hydrogen (secondary N) is 1. The average molecular weight is 319 g/mol.